The summed E-state index contributed by atoms with van der Waals surface area (Å²) in [4.78, 5) is 24.5. The number of rotatable bonds is 8. The Bertz CT molecular complexity index is 1390. The lowest BCUT2D eigenvalue weighted by Crippen LogP contribution is -2.40. The first-order valence-corrected chi connectivity index (χ1v) is 12.9. The van der Waals surface area contributed by atoms with Gasteiger partial charge in [-0.2, -0.15) is 13.1 Å². The van der Waals surface area contributed by atoms with Crippen molar-refractivity contribution in [2.45, 2.75) is 56.1 Å². The maximum Gasteiger partial charge on any atom is 0.303 e. The highest BCUT2D eigenvalue weighted by molar-refractivity contribution is 7.89. The number of aryl methyl sites for hydroxylation is 2. The molecule has 1 aliphatic heterocycles. The number of pyridine rings is 1. The molecule has 0 spiro atoms. The third kappa shape index (κ3) is 5.85. The molecule has 1 aliphatic rings. The monoisotopic (exact) mass is 536 g/mol. The van der Waals surface area contributed by atoms with Crippen LogP contribution in [0.25, 0.3) is 11.3 Å². The molecule has 0 amide bonds. The summed E-state index contributed by atoms with van der Waals surface area (Å²) in [5.74, 6) is -4.85. The topological polar surface area (TPSA) is 93.1 Å². The smallest absolute Gasteiger partial charge is 0.298 e. The zero-order valence-corrected chi connectivity index (χ0v) is 20.9. The average Bonchev–Trinajstić information content (AvgIpc) is 3.26. The van der Waals surface area contributed by atoms with Gasteiger partial charge in [0.2, 0.25) is 10.0 Å². The highest BCUT2D eigenvalue weighted by Crippen LogP contribution is 2.30. The van der Waals surface area contributed by atoms with Crippen LogP contribution in [0.4, 0.5) is 17.6 Å². The van der Waals surface area contributed by atoms with E-state index in [9.17, 15) is 30.8 Å². The van der Waals surface area contributed by atoms with Crippen molar-refractivity contribution in [1.29, 1.82) is 0 Å². The van der Waals surface area contributed by atoms with Gasteiger partial charge < -0.3 is 0 Å². The molecule has 7 nitrogen and oxygen atoms in total. The standard InChI is InChI=1S/C25H24F4N4O3S/c1-15-11-30-21(17-12-31-24(32-13-17)25(2,28)29)9-16(15)3-8-23(34)22-10-19(27)14-33(22)37(35,36)20-6-4-18(26)5-7-20/h4-7,9,11-13,19,22H,3,8,10,14H2,1-2H3/t19-,22+/m1/s1. The lowest BCUT2D eigenvalue weighted by molar-refractivity contribution is -0.122. The first-order chi connectivity index (χ1) is 17.4. The SMILES string of the molecule is Cc1cnc(-c2cnc(C(C)(F)F)nc2)cc1CCC(=O)[C@@H]1C[C@@H](F)CN1S(=O)(=O)c1ccc(F)cc1. The fourth-order valence-corrected chi connectivity index (χ4v) is 5.81. The van der Waals surface area contributed by atoms with Crippen molar-refractivity contribution in [3.05, 3.63) is 71.7 Å². The Morgan fingerprint density at radius 3 is 2.38 bits per heavy atom. The van der Waals surface area contributed by atoms with Crippen LogP contribution in [0, 0.1) is 12.7 Å². The third-order valence-corrected chi connectivity index (χ3v) is 8.08. The molecule has 1 fully saturated rings. The fourth-order valence-electron chi connectivity index (χ4n) is 4.16. The van der Waals surface area contributed by atoms with E-state index in [1.165, 1.54) is 12.4 Å². The lowest BCUT2D eigenvalue weighted by atomic mass is 9.99. The van der Waals surface area contributed by atoms with E-state index in [2.05, 4.69) is 15.0 Å². The Morgan fingerprint density at radius 2 is 1.76 bits per heavy atom. The predicted molar refractivity (Wildman–Crippen MR) is 126 cm³/mol. The van der Waals surface area contributed by atoms with E-state index in [0.717, 1.165) is 39.7 Å². The molecule has 196 valence electrons. The molecule has 2 atom stereocenters. The Morgan fingerprint density at radius 1 is 1.11 bits per heavy atom. The number of halogens is 4. The number of benzene rings is 1. The first kappa shape index (κ1) is 26.8. The van der Waals surface area contributed by atoms with E-state index in [1.807, 2.05) is 0 Å². The summed E-state index contributed by atoms with van der Waals surface area (Å²) in [5, 5.41) is 0. The molecule has 1 aromatic carbocycles. The van der Waals surface area contributed by atoms with E-state index in [4.69, 9.17) is 0 Å². The summed E-state index contributed by atoms with van der Waals surface area (Å²) in [6.45, 7) is 2.02. The predicted octanol–water partition coefficient (Wildman–Crippen LogP) is 4.40. The molecule has 0 N–H and O–H groups in total. The molecule has 0 saturated carbocycles. The van der Waals surface area contributed by atoms with E-state index in [1.54, 1.807) is 19.2 Å². The number of carbonyl (C=O) groups is 1. The second-order valence-corrected chi connectivity index (χ2v) is 10.9. The number of sulfonamides is 1. The van der Waals surface area contributed by atoms with Gasteiger partial charge in [-0.3, -0.25) is 9.78 Å². The highest BCUT2D eigenvalue weighted by atomic mass is 32.2. The van der Waals surface area contributed by atoms with Crippen molar-refractivity contribution >= 4 is 15.8 Å². The number of alkyl halides is 3. The van der Waals surface area contributed by atoms with E-state index in [0.29, 0.717) is 18.2 Å². The van der Waals surface area contributed by atoms with Gasteiger partial charge in [0, 0.05) is 50.5 Å². The van der Waals surface area contributed by atoms with Crippen molar-refractivity contribution in [1.82, 2.24) is 19.3 Å². The minimum Gasteiger partial charge on any atom is -0.298 e. The van der Waals surface area contributed by atoms with Crippen molar-refractivity contribution in [3.8, 4) is 11.3 Å². The van der Waals surface area contributed by atoms with Crippen molar-refractivity contribution in [2.75, 3.05) is 6.54 Å². The third-order valence-electron chi connectivity index (χ3n) is 6.19. The molecule has 3 aromatic rings. The van der Waals surface area contributed by atoms with E-state index in [-0.39, 0.29) is 24.2 Å². The van der Waals surface area contributed by atoms with Crippen molar-refractivity contribution in [2.24, 2.45) is 0 Å². The first-order valence-electron chi connectivity index (χ1n) is 11.5. The van der Waals surface area contributed by atoms with Crippen LogP contribution in [-0.4, -0.2) is 52.2 Å². The van der Waals surface area contributed by atoms with Crippen LogP contribution < -0.4 is 0 Å². The van der Waals surface area contributed by atoms with Crippen molar-refractivity contribution < 1.29 is 30.8 Å². The normalized spacial score (nSPS) is 18.8. The number of carbonyl (C=O) groups excluding carboxylic acids is 1. The molecule has 4 rings (SSSR count). The zero-order valence-electron chi connectivity index (χ0n) is 20.0. The maximum absolute atomic E-state index is 14.3. The van der Waals surface area contributed by atoms with Crippen LogP contribution in [-0.2, 0) is 27.2 Å². The summed E-state index contributed by atoms with van der Waals surface area (Å²) in [7, 11) is -4.20. The molecule has 0 aliphatic carbocycles. The second-order valence-electron chi connectivity index (χ2n) is 9.02. The van der Waals surface area contributed by atoms with Gasteiger partial charge in [-0.1, -0.05) is 0 Å². The van der Waals surface area contributed by atoms with Crippen LogP contribution in [0.15, 0.2) is 53.8 Å². The van der Waals surface area contributed by atoms with Crippen LogP contribution >= 0.6 is 0 Å². The minimum absolute atomic E-state index is 0.0609. The zero-order chi connectivity index (χ0) is 27.0. The summed E-state index contributed by atoms with van der Waals surface area (Å²) in [5.41, 5.74) is 2.32. The van der Waals surface area contributed by atoms with Crippen molar-refractivity contribution in [3.63, 3.8) is 0 Å². The van der Waals surface area contributed by atoms with Crippen LogP contribution in [0.3, 0.4) is 0 Å². The molecular formula is C25H24F4N4O3S. The molecular weight excluding hydrogens is 512 g/mol. The largest absolute Gasteiger partial charge is 0.303 e. The summed E-state index contributed by atoms with van der Waals surface area (Å²) < 4.78 is 81.2. The van der Waals surface area contributed by atoms with Gasteiger partial charge in [0.25, 0.3) is 0 Å². The Balaban J connectivity index is 1.50. The number of hydrogen-bond acceptors (Lipinski definition) is 6. The van der Waals surface area contributed by atoms with Gasteiger partial charge in [-0.05, 0) is 54.8 Å². The number of Topliss-reactive ketones (excluding diaryl/α,β-unsaturated/α-hetero) is 1. The molecule has 12 heteroatoms. The number of hydrogen-bond donors (Lipinski definition) is 0. The molecule has 3 heterocycles. The average molecular weight is 537 g/mol. The van der Waals surface area contributed by atoms with Crippen LogP contribution in [0.5, 0.6) is 0 Å². The van der Waals surface area contributed by atoms with Gasteiger partial charge in [0.1, 0.15) is 12.0 Å². The van der Waals surface area contributed by atoms with Gasteiger partial charge in [-0.25, -0.2) is 27.2 Å². The Labute approximate surface area is 211 Å². The van der Waals surface area contributed by atoms with Gasteiger partial charge in [-0.15, -0.1) is 0 Å². The lowest BCUT2D eigenvalue weighted by Gasteiger charge is -2.23. The fraction of sp³-hybridized carbons (Fsp3) is 0.360. The highest BCUT2D eigenvalue weighted by Gasteiger charge is 2.43. The molecule has 0 bridgehead atoms. The minimum atomic E-state index is -4.20. The van der Waals surface area contributed by atoms with Gasteiger partial charge in [0.05, 0.1) is 16.6 Å². The molecule has 1 saturated heterocycles. The molecule has 37 heavy (non-hydrogen) atoms. The van der Waals surface area contributed by atoms with E-state index >= 15 is 0 Å². The second kappa shape index (κ2) is 10.3. The van der Waals surface area contributed by atoms with Gasteiger partial charge >= 0.3 is 5.92 Å². The number of ketones is 1. The summed E-state index contributed by atoms with van der Waals surface area (Å²) >= 11 is 0. The molecule has 0 radical (unpaired) electrons. The molecule has 2 aromatic heterocycles. The Kier molecular flexibility index (Phi) is 7.43. The van der Waals surface area contributed by atoms with E-state index < -0.39 is 52.1 Å². The molecule has 0 unspecified atom stereocenters. The quantitative estimate of drug-likeness (QED) is 0.396. The number of nitrogens with zero attached hydrogens (tertiary/aromatic N) is 4. The maximum atomic E-state index is 14.3. The van der Waals surface area contributed by atoms with Gasteiger partial charge in [0.15, 0.2) is 11.6 Å². The summed E-state index contributed by atoms with van der Waals surface area (Å²) in [6, 6.07) is 4.65. The van der Waals surface area contributed by atoms with Crippen LogP contribution in [0.1, 0.15) is 36.7 Å². The summed E-state index contributed by atoms with van der Waals surface area (Å²) in [6.07, 6.45) is 2.45. The van der Waals surface area contributed by atoms with Crippen LogP contribution in [0.2, 0.25) is 0 Å². The Hall–Kier alpha value is -3.25. The number of aromatic nitrogens is 3.